The first-order chi connectivity index (χ1) is 14.4. The molecule has 2 aliphatic rings. The summed E-state index contributed by atoms with van der Waals surface area (Å²) in [4.78, 5) is 26.5. The van der Waals surface area contributed by atoms with Crippen LogP contribution in [0.25, 0.3) is 11.1 Å². The van der Waals surface area contributed by atoms with Crippen LogP contribution in [0.4, 0.5) is 0 Å². The summed E-state index contributed by atoms with van der Waals surface area (Å²) in [6.45, 7) is 4.15. The van der Waals surface area contributed by atoms with E-state index in [0.717, 1.165) is 24.0 Å². The van der Waals surface area contributed by atoms with E-state index in [4.69, 9.17) is 11.5 Å². The van der Waals surface area contributed by atoms with Gasteiger partial charge in [0.15, 0.2) is 11.6 Å². The van der Waals surface area contributed by atoms with Crippen LogP contribution in [-0.2, 0) is 22.4 Å². The number of hydrogen-bond donors (Lipinski definition) is 2. The van der Waals surface area contributed by atoms with Crippen LogP contribution in [0.2, 0.25) is 0 Å². The number of benzene rings is 2. The van der Waals surface area contributed by atoms with Gasteiger partial charge in [-0.05, 0) is 47.2 Å². The quantitative estimate of drug-likeness (QED) is 0.821. The molecule has 0 atom stereocenters. The zero-order valence-electron chi connectivity index (χ0n) is 17.2. The minimum absolute atomic E-state index is 0.198. The third-order valence-corrected chi connectivity index (χ3v) is 5.72. The molecule has 0 saturated heterocycles. The highest BCUT2D eigenvalue weighted by molar-refractivity contribution is 6.42. The van der Waals surface area contributed by atoms with Gasteiger partial charge in [0.05, 0.1) is 11.1 Å². The van der Waals surface area contributed by atoms with Gasteiger partial charge in [0, 0.05) is 22.5 Å². The minimum atomic E-state index is -0.272. The van der Waals surface area contributed by atoms with Crippen molar-refractivity contribution in [2.45, 2.75) is 26.7 Å². The molecule has 0 spiro atoms. The highest BCUT2D eigenvalue weighted by atomic mass is 16.1. The third-order valence-electron chi connectivity index (χ3n) is 5.72. The molecule has 4 heteroatoms. The lowest BCUT2D eigenvalue weighted by atomic mass is 9.77. The Bertz CT molecular complexity index is 1080. The normalized spacial score (nSPS) is 16.5. The molecule has 0 heterocycles. The number of Topliss-reactive ketones (excluding diaryl/α,β-unsaturated/α-hetero) is 2. The van der Waals surface area contributed by atoms with Crippen LogP contribution in [0.5, 0.6) is 0 Å². The van der Waals surface area contributed by atoms with Crippen LogP contribution >= 0.6 is 0 Å². The van der Waals surface area contributed by atoms with Crippen LogP contribution in [0.15, 0.2) is 83.2 Å². The summed E-state index contributed by atoms with van der Waals surface area (Å²) in [6, 6.07) is 15.6. The Hall–Kier alpha value is -3.66. The van der Waals surface area contributed by atoms with Gasteiger partial charge in [-0.2, -0.15) is 0 Å². The molecule has 2 aromatic rings. The number of ketones is 2. The first-order valence-electron chi connectivity index (χ1n) is 10.2. The van der Waals surface area contributed by atoms with Gasteiger partial charge in [-0.1, -0.05) is 62.4 Å². The average Bonchev–Trinajstić information content (AvgIpc) is 2.77. The first kappa shape index (κ1) is 19.6. The van der Waals surface area contributed by atoms with Crippen molar-refractivity contribution >= 4 is 22.7 Å². The molecule has 30 heavy (non-hydrogen) atoms. The molecule has 4 rings (SSSR count). The Morgan fingerprint density at radius 2 is 0.933 bits per heavy atom. The number of aryl methyl sites for hydroxylation is 2. The lowest BCUT2D eigenvalue weighted by molar-refractivity contribution is -0.113. The number of allylic oxidation sites excluding steroid dienone is 6. The van der Waals surface area contributed by atoms with Crippen molar-refractivity contribution in [3.8, 4) is 0 Å². The van der Waals surface area contributed by atoms with E-state index in [1.807, 2.05) is 48.5 Å². The molecular weight excluding hydrogens is 372 g/mol. The molecule has 0 saturated carbocycles. The number of rotatable bonds is 4. The van der Waals surface area contributed by atoms with Crippen LogP contribution in [0.1, 0.15) is 36.1 Å². The molecule has 150 valence electrons. The molecule has 0 aliphatic heterocycles. The topological polar surface area (TPSA) is 86.2 Å². The Morgan fingerprint density at radius 1 is 0.600 bits per heavy atom. The van der Waals surface area contributed by atoms with E-state index in [-0.39, 0.29) is 34.1 Å². The molecule has 0 bridgehead atoms. The van der Waals surface area contributed by atoms with Crippen molar-refractivity contribution in [2.75, 3.05) is 0 Å². The maximum absolute atomic E-state index is 13.3. The smallest absolute Gasteiger partial charge is 0.196 e. The monoisotopic (exact) mass is 396 g/mol. The van der Waals surface area contributed by atoms with Crippen LogP contribution in [-0.4, -0.2) is 11.6 Å². The lowest BCUT2D eigenvalue weighted by Crippen LogP contribution is -2.28. The lowest BCUT2D eigenvalue weighted by Gasteiger charge is -2.25. The van der Waals surface area contributed by atoms with E-state index < -0.39 is 0 Å². The number of carbonyl (C=O) groups is 2. The Balaban J connectivity index is 1.79. The second-order valence-electron chi connectivity index (χ2n) is 7.54. The van der Waals surface area contributed by atoms with Gasteiger partial charge in [0.25, 0.3) is 0 Å². The summed E-state index contributed by atoms with van der Waals surface area (Å²) in [5, 5.41) is 0. The molecule has 0 amide bonds. The third kappa shape index (κ3) is 3.20. The van der Waals surface area contributed by atoms with Crippen molar-refractivity contribution < 1.29 is 9.59 Å². The number of nitrogens with two attached hydrogens (primary N) is 2. The molecule has 2 aromatic carbocycles. The second kappa shape index (κ2) is 7.64. The second-order valence-corrected chi connectivity index (χ2v) is 7.54. The van der Waals surface area contributed by atoms with Gasteiger partial charge in [0.1, 0.15) is 0 Å². The number of carbonyl (C=O) groups excluding carboxylic acids is 2. The molecule has 2 aliphatic carbocycles. The first-order valence-corrected chi connectivity index (χ1v) is 10.2. The minimum Gasteiger partial charge on any atom is -0.398 e. The zero-order chi connectivity index (χ0) is 21.4. The standard InChI is InChI=1S/C26H24N2O2/c1-3-15-5-9-17(10-6-15)19-13-21(27)24-23(25(19)29)22(28)14-20(26(24)30)18-11-7-16(4-2)8-12-18/h5-14H,3-4,27-28H2,1-2H3. The maximum Gasteiger partial charge on any atom is 0.196 e. The van der Waals surface area contributed by atoms with Crippen molar-refractivity contribution in [2.24, 2.45) is 11.5 Å². The molecule has 0 unspecified atom stereocenters. The van der Waals surface area contributed by atoms with E-state index in [1.165, 1.54) is 11.1 Å². The summed E-state index contributed by atoms with van der Waals surface area (Å²) in [6.07, 6.45) is 5.02. The molecule has 0 aromatic heterocycles. The van der Waals surface area contributed by atoms with Crippen LogP contribution in [0, 0.1) is 0 Å². The summed E-state index contributed by atoms with van der Waals surface area (Å²) in [5.74, 6) is -0.545. The fourth-order valence-corrected chi connectivity index (χ4v) is 3.90. The van der Waals surface area contributed by atoms with Gasteiger partial charge in [-0.3, -0.25) is 9.59 Å². The van der Waals surface area contributed by atoms with Gasteiger partial charge in [-0.25, -0.2) is 0 Å². The Kier molecular flexibility index (Phi) is 5.00. The highest BCUT2D eigenvalue weighted by Crippen LogP contribution is 2.38. The molecule has 0 fully saturated rings. The van der Waals surface area contributed by atoms with E-state index in [2.05, 4.69) is 13.8 Å². The van der Waals surface area contributed by atoms with Crippen LogP contribution < -0.4 is 11.5 Å². The highest BCUT2D eigenvalue weighted by Gasteiger charge is 2.36. The molecular formula is C26H24N2O2. The van der Waals surface area contributed by atoms with E-state index >= 15 is 0 Å². The number of fused-ring (bicyclic) bond motifs is 1. The van der Waals surface area contributed by atoms with E-state index in [9.17, 15) is 9.59 Å². The molecule has 4 nitrogen and oxygen atoms in total. The fourth-order valence-electron chi connectivity index (χ4n) is 3.90. The summed E-state index contributed by atoms with van der Waals surface area (Å²) < 4.78 is 0. The largest absolute Gasteiger partial charge is 0.398 e. The van der Waals surface area contributed by atoms with E-state index in [0.29, 0.717) is 11.1 Å². The number of hydrogen-bond acceptors (Lipinski definition) is 4. The van der Waals surface area contributed by atoms with Crippen LogP contribution in [0.3, 0.4) is 0 Å². The Morgan fingerprint density at radius 3 is 1.23 bits per heavy atom. The summed E-state index contributed by atoms with van der Waals surface area (Å²) in [7, 11) is 0. The fraction of sp³-hybridized carbons (Fsp3) is 0.154. The van der Waals surface area contributed by atoms with Gasteiger partial charge >= 0.3 is 0 Å². The molecule has 4 N–H and O–H groups in total. The Labute approximate surface area is 176 Å². The SMILES string of the molecule is CCc1ccc(C2=CC(N)=C3C(=O)C(c4ccc(CC)cc4)=CC(N)=C3C2=O)cc1. The van der Waals surface area contributed by atoms with Crippen molar-refractivity contribution in [3.05, 3.63) is 105 Å². The van der Waals surface area contributed by atoms with Crippen molar-refractivity contribution in [1.82, 2.24) is 0 Å². The molecule has 0 radical (unpaired) electrons. The maximum atomic E-state index is 13.3. The van der Waals surface area contributed by atoms with E-state index in [1.54, 1.807) is 12.2 Å². The average molecular weight is 396 g/mol. The summed E-state index contributed by atoms with van der Waals surface area (Å²) in [5.41, 5.74) is 18.3. The summed E-state index contributed by atoms with van der Waals surface area (Å²) >= 11 is 0. The van der Waals surface area contributed by atoms with Crippen molar-refractivity contribution in [1.29, 1.82) is 0 Å². The zero-order valence-corrected chi connectivity index (χ0v) is 17.2. The predicted molar refractivity (Wildman–Crippen MR) is 120 cm³/mol. The van der Waals surface area contributed by atoms with Gasteiger partial charge < -0.3 is 11.5 Å². The predicted octanol–water partition coefficient (Wildman–Crippen LogP) is 3.87. The van der Waals surface area contributed by atoms with Gasteiger partial charge in [0.2, 0.25) is 0 Å². The van der Waals surface area contributed by atoms with Crippen molar-refractivity contribution in [3.63, 3.8) is 0 Å². The van der Waals surface area contributed by atoms with Gasteiger partial charge in [-0.15, -0.1) is 0 Å².